The van der Waals surface area contributed by atoms with Crippen LogP contribution in [0.15, 0.2) is 0 Å². The molecule has 1 rings (SSSR count). The molecule has 0 saturated carbocycles. The number of halogens is 1. The fourth-order valence-electron chi connectivity index (χ4n) is 1.51. The Bertz CT molecular complexity index is 475. The second kappa shape index (κ2) is 7.84. The van der Waals surface area contributed by atoms with E-state index in [0.717, 1.165) is 6.42 Å². The Labute approximate surface area is 122 Å². The Balaban J connectivity index is 2.81. The van der Waals surface area contributed by atoms with Crippen LogP contribution in [0.25, 0.3) is 0 Å². The number of alkyl halides is 1. The first-order valence-electron chi connectivity index (χ1n) is 6.48. The van der Waals surface area contributed by atoms with Crippen molar-refractivity contribution < 1.29 is 14.3 Å². The number of carbonyl (C=O) groups is 2. The number of rotatable bonds is 7. The van der Waals surface area contributed by atoms with Crippen molar-refractivity contribution in [1.29, 1.82) is 0 Å². The summed E-state index contributed by atoms with van der Waals surface area (Å²) in [6.07, 6.45) is 0.833. The van der Waals surface area contributed by atoms with Gasteiger partial charge in [0.05, 0.1) is 18.2 Å². The minimum absolute atomic E-state index is 0.0256. The average molecular weight is 303 g/mol. The van der Waals surface area contributed by atoms with Crippen LogP contribution >= 0.6 is 11.6 Å². The molecule has 0 radical (unpaired) electrons. The van der Waals surface area contributed by atoms with Gasteiger partial charge < -0.3 is 10.1 Å². The van der Waals surface area contributed by atoms with Gasteiger partial charge in [-0.2, -0.15) is 0 Å². The molecule has 1 unspecified atom stereocenters. The first-order chi connectivity index (χ1) is 9.53. The largest absolute Gasteiger partial charge is 0.461 e. The highest BCUT2D eigenvalue weighted by Gasteiger charge is 2.21. The molecule has 1 aromatic heterocycles. The van der Waals surface area contributed by atoms with Crippen LogP contribution in [-0.4, -0.2) is 39.5 Å². The van der Waals surface area contributed by atoms with E-state index in [2.05, 4.69) is 15.6 Å². The number of nitrogens with zero attached hydrogens (tertiary/aromatic N) is 3. The van der Waals surface area contributed by atoms with Gasteiger partial charge in [-0.3, -0.25) is 4.79 Å². The summed E-state index contributed by atoms with van der Waals surface area (Å²) in [4.78, 5) is 23.4. The predicted molar refractivity (Wildman–Crippen MR) is 73.4 cm³/mol. The summed E-state index contributed by atoms with van der Waals surface area (Å²) in [5, 5.41) is 10.3. The summed E-state index contributed by atoms with van der Waals surface area (Å²) in [5.74, 6) is -0.764. The quantitative estimate of drug-likeness (QED) is 0.602. The molecule has 0 aromatic carbocycles. The maximum absolute atomic E-state index is 11.8. The van der Waals surface area contributed by atoms with Crippen molar-refractivity contribution in [2.75, 3.05) is 6.61 Å². The van der Waals surface area contributed by atoms with Gasteiger partial charge in [0.25, 0.3) is 0 Å². The number of ether oxygens (including phenoxy) is 1. The van der Waals surface area contributed by atoms with E-state index in [1.54, 1.807) is 6.92 Å². The molecular formula is C12H19ClN4O3. The molecule has 8 heteroatoms. The van der Waals surface area contributed by atoms with Gasteiger partial charge in [-0.15, -0.1) is 16.7 Å². The van der Waals surface area contributed by atoms with Crippen LogP contribution in [0.5, 0.6) is 0 Å². The normalized spacial score (nSPS) is 12.0. The third-order valence-electron chi connectivity index (χ3n) is 2.75. The third kappa shape index (κ3) is 4.19. The standard InChI is InChI=1S/C12H19ClN4O3/c1-4-8(3)14-10(18)7-17-9(6-13)11(15-16-17)12(19)20-5-2/h8H,4-7H2,1-3H3,(H,14,18). The second-order valence-electron chi connectivity index (χ2n) is 4.27. The van der Waals surface area contributed by atoms with Crippen molar-refractivity contribution in [3.05, 3.63) is 11.4 Å². The Morgan fingerprint density at radius 3 is 2.70 bits per heavy atom. The second-order valence-corrected chi connectivity index (χ2v) is 4.54. The number of amides is 1. The maximum atomic E-state index is 11.8. The highest BCUT2D eigenvalue weighted by atomic mass is 35.5. The highest BCUT2D eigenvalue weighted by Crippen LogP contribution is 2.10. The molecule has 0 aliphatic carbocycles. The van der Waals surface area contributed by atoms with Gasteiger partial charge in [-0.05, 0) is 20.3 Å². The van der Waals surface area contributed by atoms with Crippen molar-refractivity contribution in [2.24, 2.45) is 0 Å². The molecule has 0 bridgehead atoms. The van der Waals surface area contributed by atoms with Gasteiger partial charge >= 0.3 is 5.97 Å². The molecule has 20 heavy (non-hydrogen) atoms. The lowest BCUT2D eigenvalue weighted by Crippen LogP contribution is -2.35. The summed E-state index contributed by atoms with van der Waals surface area (Å²) >= 11 is 5.80. The van der Waals surface area contributed by atoms with Crippen LogP contribution in [0.1, 0.15) is 43.4 Å². The predicted octanol–water partition coefficient (Wildman–Crippen LogP) is 1.11. The van der Waals surface area contributed by atoms with Crippen LogP contribution in [0, 0.1) is 0 Å². The lowest BCUT2D eigenvalue weighted by molar-refractivity contribution is -0.122. The van der Waals surface area contributed by atoms with E-state index in [1.807, 2.05) is 13.8 Å². The van der Waals surface area contributed by atoms with E-state index >= 15 is 0 Å². The van der Waals surface area contributed by atoms with E-state index in [9.17, 15) is 9.59 Å². The lowest BCUT2D eigenvalue weighted by Gasteiger charge is -2.11. The van der Waals surface area contributed by atoms with Crippen molar-refractivity contribution in [2.45, 2.75) is 45.7 Å². The number of hydrogen-bond acceptors (Lipinski definition) is 5. The zero-order chi connectivity index (χ0) is 15.1. The molecule has 0 fully saturated rings. The van der Waals surface area contributed by atoms with Gasteiger partial charge in [0.1, 0.15) is 6.54 Å². The number of esters is 1. The zero-order valence-electron chi connectivity index (χ0n) is 11.9. The van der Waals surface area contributed by atoms with Crippen LogP contribution in [-0.2, 0) is 22.0 Å². The van der Waals surface area contributed by atoms with E-state index in [4.69, 9.17) is 16.3 Å². The molecule has 7 nitrogen and oxygen atoms in total. The topological polar surface area (TPSA) is 86.1 Å². The minimum Gasteiger partial charge on any atom is -0.461 e. The monoisotopic (exact) mass is 302 g/mol. The van der Waals surface area contributed by atoms with Gasteiger partial charge in [0, 0.05) is 6.04 Å². The molecular weight excluding hydrogens is 284 g/mol. The molecule has 1 atom stereocenters. The maximum Gasteiger partial charge on any atom is 0.360 e. The van der Waals surface area contributed by atoms with Gasteiger partial charge in [-0.25, -0.2) is 9.48 Å². The number of aromatic nitrogens is 3. The molecule has 1 aromatic rings. The van der Waals surface area contributed by atoms with E-state index in [1.165, 1.54) is 4.68 Å². The molecule has 0 aliphatic heterocycles. The Morgan fingerprint density at radius 2 is 2.15 bits per heavy atom. The van der Waals surface area contributed by atoms with Crippen LogP contribution in [0.4, 0.5) is 0 Å². The fourth-order valence-corrected chi connectivity index (χ4v) is 1.77. The van der Waals surface area contributed by atoms with E-state index < -0.39 is 5.97 Å². The van der Waals surface area contributed by atoms with Crippen LogP contribution < -0.4 is 5.32 Å². The Kier molecular flexibility index (Phi) is 6.44. The van der Waals surface area contributed by atoms with Crippen molar-refractivity contribution in [3.8, 4) is 0 Å². The SMILES string of the molecule is CCOC(=O)c1nnn(CC(=O)NC(C)CC)c1CCl. The van der Waals surface area contributed by atoms with Crippen LogP contribution in [0.2, 0.25) is 0 Å². The zero-order valence-corrected chi connectivity index (χ0v) is 12.6. The summed E-state index contributed by atoms with van der Waals surface area (Å²) in [7, 11) is 0. The Hall–Kier alpha value is -1.63. The van der Waals surface area contributed by atoms with Gasteiger partial charge in [-0.1, -0.05) is 12.1 Å². The Morgan fingerprint density at radius 1 is 1.45 bits per heavy atom. The summed E-state index contributed by atoms with van der Waals surface area (Å²) in [5.41, 5.74) is 0.433. The smallest absolute Gasteiger partial charge is 0.360 e. The van der Waals surface area contributed by atoms with E-state index in [-0.39, 0.29) is 36.7 Å². The number of carbonyl (C=O) groups excluding carboxylic acids is 2. The molecule has 1 N–H and O–H groups in total. The van der Waals surface area contributed by atoms with Crippen LogP contribution in [0.3, 0.4) is 0 Å². The average Bonchev–Trinajstić information content (AvgIpc) is 2.81. The summed E-state index contributed by atoms with van der Waals surface area (Å²) in [6.45, 7) is 5.79. The molecule has 112 valence electrons. The fraction of sp³-hybridized carbons (Fsp3) is 0.667. The summed E-state index contributed by atoms with van der Waals surface area (Å²) < 4.78 is 6.17. The number of nitrogens with one attached hydrogen (secondary N) is 1. The van der Waals surface area contributed by atoms with Gasteiger partial charge in [0.15, 0.2) is 5.69 Å². The molecule has 1 heterocycles. The van der Waals surface area contributed by atoms with Crippen molar-refractivity contribution in [1.82, 2.24) is 20.3 Å². The number of hydrogen-bond donors (Lipinski definition) is 1. The lowest BCUT2D eigenvalue weighted by atomic mass is 10.2. The first kappa shape index (κ1) is 16.4. The van der Waals surface area contributed by atoms with E-state index in [0.29, 0.717) is 5.69 Å². The third-order valence-corrected chi connectivity index (χ3v) is 3.00. The molecule has 0 saturated heterocycles. The summed E-state index contributed by atoms with van der Waals surface area (Å²) in [6, 6.07) is 0.0787. The molecule has 1 amide bonds. The van der Waals surface area contributed by atoms with Crippen molar-refractivity contribution in [3.63, 3.8) is 0 Å². The molecule has 0 spiro atoms. The van der Waals surface area contributed by atoms with Gasteiger partial charge in [0.2, 0.25) is 5.91 Å². The highest BCUT2D eigenvalue weighted by molar-refractivity contribution is 6.17. The first-order valence-corrected chi connectivity index (χ1v) is 7.01. The minimum atomic E-state index is -0.586. The van der Waals surface area contributed by atoms with Crippen molar-refractivity contribution >= 4 is 23.5 Å². The molecule has 0 aliphatic rings.